The van der Waals surface area contributed by atoms with E-state index in [0.717, 1.165) is 12.8 Å². The second-order valence-corrected chi connectivity index (χ2v) is 13.0. The highest BCUT2D eigenvalue weighted by Gasteiger charge is 2.51. The number of azide groups is 1. The van der Waals surface area contributed by atoms with E-state index >= 15 is 0 Å². The summed E-state index contributed by atoms with van der Waals surface area (Å²) in [4.78, 5) is 2.95. The molecule has 0 aliphatic heterocycles. The summed E-state index contributed by atoms with van der Waals surface area (Å²) in [5.74, 6) is 0. The largest absolute Gasteiger partial charge is 0.393 e. The molecule has 0 fully saturated rings. The van der Waals surface area contributed by atoms with Crippen LogP contribution in [0.4, 0.5) is 0 Å². The molecule has 0 aromatic carbocycles. The third kappa shape index (κ3) is 10.7. The fourth-order valence-electron chi connectivity index (χ4n) is 4.51. The fourth-order valence-corrected chi connectivity index (χ4v) is 6.85. The van der Waals surface area contributed by atoms with Gasteiger partial charge in [0.1, 0.15) is 0 Å². The molecular formula is C24H50N3O2Si. The van der Waals surface area contributed by atoms with Crippen LogP contribution in [-0.4, -0.2) is 36.4 Å². The van der Waals surface area contributed by atoms with Crippen LogP contribution in [0.25, 0.3) is 10.4 Å². The van der Waals surface area contributed by atoms with Gasteiger partial charge in [-0.25, -0.2) is 0 Å². The van der Waals surface area contributed by atoms with E-state index in [1.165, 1.54) is 70.6 Å². The first-order chi connectivity index (χ1) is 14.1. The highest BCUT2D eigenvalue weighted by atomic mass is 28.3. The van der Waals surface area contributed by atoms with Gasteiger partial charge in [0.2, 0.25) is 0 Å². The lowest BCUT2D eigenvalue weighted by Gasteiger charge is -2.48. The van der Waals surface area contributed by atoms with Gasteiger partial charge < -0.3 is 10.2 Å². The maximum Gasteiger partial charge on any atom is 0.0892 e. The fraction of sp³-hybridized carbons (Fsp3) is 1.00. The summed E-state index contributed by atoms with van der Waals surface area (Å²) < 4.78 is 0. The molecule has 0 spiro atoms. The van der Waals surface area contributed by atoms with E-state index in [9.17, 15) is 10.2 Å². The summed E-state index contributed by atoms with van der Waals surface area (Å²) in [6.07, 6.45) is 16.5. The third-order valence-electron chi connectivity index (χ3n) is 6.48. The Kier molecular flexibility index (Phi) is 15.8. The first-order valence-corrected chi connectivity index (χ1v) is 14.9. The summed E-state index contributed by atoms with van der Waals surface area (Å²) in [6, 6.07) is -0.788. The van der Waals surface area contributed by atoms with Crippen LogP contribution in [0.15, 0.2) is 5.11 Å². The molecule has 1 radical (unpaired) electrons. The van der Waals surface area contributed by atoms with Gasteiger partial charge in [0.15, 0.2) is 0 Å². The normalized spacial score (nSPS) is 16.2. The Balaban J connectivity index is 4.15. The van der Waals surface area contributed by atoms with E-state index in [4.69, 9.17) is 5.53 Å². The number of hydrogen-bond donors (Lipinski definition) is 2. The van der Waals surface area contributed by atoms with E-state index in [-0.39, 0.29) is 0 Å². The smallest absolute Gasteiger partial charge is 0.0892 e. The number of rotatable bonds is 18. The number of aliphatic hydroxyl groups excluding tert-OH is 1. The third-order valence-corrected chi connectivity index (χ3v) is 9.05. The predicted molar refractivity (Wildman–Crippen MR) is 131 cm³/mol. The van der Waals surface area contributed by atoms with E-state index in [2.05, 4.69) is 16.9 Å². The minimum Gasteiger partial charge on any atom is -0.393 e. The molecule has 0 saturated carbocycles. The van der Waals surface area contributed by atoms with Crippen LogP contribution in [0.3, 0.4) is 0 Å². The molecule has 30 heavy (non-hydrogen) atoms. The number of unbranched alkanes of at least 4 members (excludes halogenated alkanes) is 12. The highest BCUT2D eigenvalue weighted by Crippen LogP contribution is 2.39. The van der Waals surface area contributed by atoms with Gasteiger partial charge in [0, 0.05) is 4.91 Å². The van der Waals surface area contributed by atoms with E-state index in [0.29, 0.717) is 6.42 Å². The molecule has 0 saturated heterocycles. The Morgan fingerprint density at radius 1 is 0.833 bits per heavy atom. The molecule has 177 valence electrons. The van der Waals surface area contributed by atoms with Crippen LogP contribution in [0.2, 0.25) is 13.1 Å². The Morgan fingerprint density at radius 3 is 1.57 bits per heavy atom. The van der Waals surface area contributed by atoms with Crippen molar-refractivity contribution in [2.45, 2.75) is 148 Å². The highest BCUT2D eigenvalue weighted by molar-refractivity contribution is 6.59. The van der Waals surface area contributed by atoms with Crippen molar-refractivity contribution in [1.29, 1.82) is 0 Å². The van der Waals surface area contributed by atoms with Gasteiger partial charge in [-0.3, -0.25) is 0 Å². The van der Waals surface area contributed by atoms with Crippen molar-refractivity contribution in [3.8, 4) is 0 Å². The van der Waals surface area contributed by atoms with Gasteiger partial charge in [-0.05, 0) is 17.4 Å². The van der Waals surface area contributed by atoms with E-state index < -0.39 is 31.6 Å². The molecule has 6 heteroatoms. The van der Waals surface area contributed by atoms with Crippen LogP contribution in [0, 0.1) is 5.41 Å². The molecule has 0 aromatic heterocycles. The Hall–Kier alpha value is -0.553. The molecular weight excluding hydrogens is 390 g/mol. The van der Waals surface area contributed by atoms with Crippen molar-refractivity contribution >= 4 is 8.80 Å². The molecule has 0 bridgehead atoms. The SMILES string of the molecule is CCCCCCCCCCCCCCC[C@@H](O)[C@H](N=[N+]=[N-])C(O)([Si](C)C)C(C)(C)C. The van der Waals surface area contributed by atoms with Crippen LogP contribution in [0.5, 0.6) is 0 Å². The second-order valence-electron chi connectivity index (χ2n) is 10.3. The predicted octanol–water partition coefficient (Wildman–Crippen LogP) is 7.58. The van der Waals surface area contributed by atoms with Crippen molar-refractivity contribution in [2.24, 2.45) is 10.5 Å². The lowest BCUT2D eigenvalue weighted by Crippen LogP contribution is -2.63. The van der Waals surface area contributed by atoms with Gasteiger partial charge in [-0.15, -0.1) is 0 Å². The molecule has 1 unspecified atom stereocenters. The average molecular weight is 441 g/mol. The minimum absolute atomic E-state index is 0.458. The molecule has 0 aliphatic carbocycles. The topological polar surface area (TPSA) is 89.2 Å². The Bertz CT molecular complexity index is 476. The van der Waals surface area contributed by atoms with Gasteiger partial charge in [0.05, 0.1) is 26.2 Å². The van der Waals surface area contributed by atoms with Crippen LogP contribution < -0.4 is 0 Å². The van der Waals surface area contributed by atoms with Crippen molar-refractivity contribution in [1.82, 2.24) is 0 Å². The molecule has 2 N–H and O–H groups in total. The number of nitrogens with zero attached hydrogens (tertiary/aromatic N) is 3. The quantitative estimate of drug-likeness (QED) is 0.0756. The van der Waals surface area contributed by atoms with E-state index in [1.807, 2.05) is 33.9 Å². The summed E-state index contributed by atoms with van der Waals surface area (Å²) in [7, 11) is -1.22. The maximum atomic E-state index is 11.4. The Morgan fingerprint density at radius 2 is 1.23 bits per heavy atom. The number of hydrogen-bond acceptors (Lipinski definition) is 3. The molecule has 0 heterocycles. The molecule has 0 aromatic rings. The van der Waals surface area contributed by atoms with Crippen molar-refractivity contribution in [2.75, 3.05) is 0 Å². The molecule has 0 aliphatic rings. The second kappa shape index (κ2) is 16.1. The van der Waals surface area contributed by atoms with Crippen LogP contribution in [0.1, 0.15) is 118 Å². The first-order valence-electron chi connectivity index (χ1n) is 12.4. The molecule has 0 rings (SSSR count). The monoisotopic (exact) mass is 440 g/mol. The van der Waals surface area contributed by atoms with E-state index in [1.54, 1.807) is 0 Å². The zero-order chi connectivity index (χ0) is 23.0. The lowest BCUT2D eigenvalue weighted by molar-refractivity contribution is -0.0486. The molecule has 0 amide bonds. The summed E-state index contributed by atoms with van der Waals surface area (Å²) in [6.45, 7) is 12.2. The van der Waals surface area contributed by atoms with Crippen molar-refractivity contribution < 1.29 is 10.2 Å². The zero-order valence-electron chi connectivity index (χ0n) is 20.8. The zero-order valence-corrected chi connectivity index (χ0v) is 21.8. The van der Waals surface area contributed by atoms with Crippen LogP contribution >= 0.6 is 0 Å². The standard InChI is InChI=1S/C24H50N3O2Si/c1-7-8-9-10-11-12-13-14-15-16-17-18-19-20-21(28)22(26-27-25)24(29,30(5)6)23(2,3)4/h21-22,28-29H,7-20H2,1-6H3/t21-,22+,24?/m1/s1. The Labute approximate surface area is 188 Å². The van der Waals surface area contributed by atoms with Gasteiger partial charge in [0.25, 0.3) is 0 Å². The molecule has 5 nitrogen and oxygen atoms in total. The average Bonchev–Trinajstić information content (AvgIpc) is 2.67. The summed E-state index contributed by atoms with van der Waals surface area (Å²) >= 11 is 0. The first kappa shape index (κ1) is 29.4. The molecule has 3 atom stereocenters. The van der Waals surface area contributed by atoms with Crippen molar-refractivity contribution in [3.63, 3.8) is 0 Å². The minimum atomic E-state index is -1.22. The number of aliphatic hydroxyl groups is 2. The maximum absolute atomic E-state index is 11.4. The van der Waals surface area contributed by atoms with Crippen molar-refractivity contribution in [3.05, 3.63) is 10.4 Å². The van der Waals surface area contributed by atoms with Gasteiger partial charge >= 0.3 is 0 Å². The summed E-state index contributed by atoms with van der Waals surface area (Å²) in [5.41, 5.74) is 8.57. The summed E-state index contributed by atoms with van der Waals surface area (Å²) in [5, 5.41) is 24.9. The van der Waals surface area contributed by atoms with Gasteiger partial charge in [-0.2, -0.15) is 0 Å². The van der Waals surface area contributed by atoms with Crippen LogP contribution in [-0.2, 0) is 0 Å². The lowest BCUT2D eigenvalue weighted by atomic mass is 9.81. The van der Waals surface area contributed by atoms with Gasteiger partial charge in [-0.1, -0.05) is 129 Å².